The highest BCUT2D eigenvalue weighted by atomic mass is 32.2. The number of anilines is 2. The molecule has 0 spiro atoms. The molecular formula is C15H18N4O2S2. The Kier molecular flexibility index (Phi) is 6.12. The molecule has 2 amide bonds. The summed E-state index contributed by atoms with van der Waals surface area (Å²) in [6.45, 7) is 5.68. The fourth-order valence-electron chi connectivity index (χ4n) is 1.64. The molecule has 2 rings (SSSR count). The molecule has 122 valence electrons. The molecule has 0 saturated carbocycles. The molecule has 0 radical (unpaired) electrons. The number of carbonyl (C=O) groups is 2. The van der Waals surface area contributed by atoms with Crippen LogP contribution < -0.4 is 10.6 Å². The summed E-state index contributed by atoms with van der Waals surface area (Å²) in [7, 11) is 0. The molecule has 1 heterocycles. The molecular weight excluding hydrogens is 332 g/mol. The van der Waals surface area contributed by atoms with Crippen molar-refractivity contribution in [1.82, 2.24) is 10.2 Å². The van der Waals surface area contributed by atoms with Crippen molar-refractivity contribution in [2.45, 2.75) is 36.8 Å². The fraction of sp³-hybridized carbons (Fsp3) is 0.333. The Hall–Kier alpha value is -1.93. The molecule has 0 aliphatic rings. The van der Waals surface area contributed by atoms with Crippen LogP contribution >= 0.6 is 23.1 Å². The summed E-state index contributed by atoms with van der Waals surface area (Å²) < 4.78 is 0.843. The van der Waals surface area contributed by atoms with Crippen molar-refractivity contribution in [3.63, 3.8) is 0 Å². The maximum Gasteiger partial charge on any atom is 0.257 e. The summed E-state index contributed by atoms with van der Waals surface area (Å²) in [5.74, 6) is -0.405. The van der Waals surface area contributed by atoms with Gasteiger partial charge in [0.05, 0.1) is 0 Å². The number of benzene rings is 1. The SMILES string of the molecule is CCC(C)Sc1nnc(NC(=O)c2ccc(NC(C)=O)cc2)s1. The summed E-state index contributed by atoms with van der Waals surface area (Å²) in [6.07, 6.45) is 1.05. The van der Waals surface area contributed by atoms with Crippen molar-refractivity contribution < 1.29 is 9.59 Å². The first-order valence-electron chi connectivity index (χ1n) is 7.17. The van der Waals surface area contributed by atoms with E-state index in [1.165, 1.54) is 18.3 Å². The maximum atomic E-state index is 12.2. The Morgan fingerprint density at radius 1 is 1.22 bits per heavy atom. The first-order chi connectivity index (χ1) is 11.0. The lowest BCUT2D eigenvalue weighted by Gasteiger charge is -2.04. The maximum absolute atomic E-state index is 12.2. The van der Waals surface area contributed by atoms with E-state index in [0.717, 1.165) is 10.8 Å². The van der Waals surface area contributed by atoms with E-state index in [-0.39, 0.29) is 11.8 Å². The predicted octanol–water partition coefficient (Wildman–Crippen LogP) is 3.64. The predicted molar refractivity (Wildman–Crippen MR) is 94.2 cm³/mol. The molecule has 1 atom stereocenters. The van der Waals surface area contributed by atoms with E-state index in [2.05, 4.69) is 34.7 Å². The van der Waals surface area contributed by atoms with E-state index in [1.807, 2.05) is 0 Å². The number of nitrogens with zero attached hydrogens (tertiary/aromatic N) is 2. The van der Waals surface area contributed by atoms with Crippen LogP contribution in [0.15, 0.2) is 28.6 Å². The summed E-state index contributed by atoms with van der Waals surface area (Å²) in [4.78, 5) is 23.1. The van der Waals surface area contributed by atoms with Crippen LogP contribution in [-0.4, -0.2) is 27.3 Å². The second-order valence-electron chi connectivity index (χ2n) is 4.92. The molecule has 1 aromatic heterocycles. The Labute approximate surface area is 143 Å². The summed E-state index contributed by atoms with van der Waals surface area (Å²) >= 11 is 3.01. The smallest absolute Gasteiger partial charge is 0.257 e. The largest absolute Gasteiger partial charge is 0.326 e. The van der Waals surface area contributed by atoms with Crippen molar-refractivity contribution in [1.29, 1.82) is 0 Å². The Bertz CT molecular complexity index is 685. The number of hydrogen-bond acceptors (Lipinski definition) is 6. The van der Waals surface area contributed by atoms with Crippen LogP contribution in [0.4, 0.5) is 10.8 Å². The molecule has 1 aromatic carbocycles. The standard InChI is InChI=1S/C15H18N4O2S2/c1-4-9(2)22-15-19-18-14(23-15)17-13(21)11-5-7-12(8-6-11)16-10(3)20/h5-9H,4H2,1-3H3,(H,16,20)(H,17,18,21). The van der Waals surface area contributed by atoms with Crippen LogP contribution in [0.25, 0.3) is 0 Å². The molecule has 8 heteroatoms. The molecule has 0 saturated heterocycles. The second-order valence-corrected chi connectivity index (χ2v) is 7.59. The topological polar surface area (TPSA) is 84.0 Å². The molecule has 2 aromatic rings. The molecule has 23 heavy (non-hydrogen) atoms. The molecule has 0 bridgehead atoms. The highest BCUT2D eigenvalue weighted by Crippen LogP contribution is 2.30. The molecule has 1 unspecified atom stereocenters. The third kappa shape index (κ3) is 5.33. The van der Waals surface area contributed by atoms with Gasteiger partial charge in [-0.05, 0) is 30.7 Å². The van der Waals surface area contributed by atoms with Crippen LogP contribution in [0.2, 0.25) is 0 Å². The highest BCUT2D eigenvalue weighted by Gasteiger charge is 2.12. The number of nitrogens with one attached hydrogen (secondary N) is 2. The molecule has 0 aliphatic heterocycles. The lowest BCUT2D eigenvalue weighted by atomic mass is 10.2. The van der Waals surface area contributed by atoms with Crippen LogP contribution in [0.5, 0.6) is 0 Å². The van der Waals surface area contributed by atoms with E-state index in [9.17, 15) is 9.59 Å². The van der Waals surface area contributed by atoms with Crippen molar-refractivity contribution in [3.8, 4) is 0 Å². The quantitative estimate of drug-likeness (QED) is 0.614. The van der Waals surface area contributed by atoms with Crippen molar-refractivity contribution in [3.05, 3.63) is 29.8 Å². The lowest BCUT2D eigenvalue weighted by molar-refractivity contribution is -0.114. The first-order valence-corrected chi connectivity index (χ1v) is 8.86. The van der Waals surface area contributed by atoms with Crippen molar-refractivity contribution in [2.24, 2.45) is 0 Å². The van der Waals surface area contributed by atoms with Gasteiger partial charge in [-0.1, -0.05) is 36.9 Å². The van der Waals surface area contributed by atoms with Gasteiger partial charge in [-0.15, -0.1) is 10.2 Å². The zero-order chi connectivity index (χ0) is 16.8. The Morgan fingerprint density at radius 3 is 2.52 bits per heavy atom. The third-order valence-electron chi connectivity index (χ3n) is 2.97. The van der Waals surface area contributed by atoms with Gasteiger partial charge in [-0.3, -0.25) is 14.9 Å². The lowest BCUT2D eigenvalue weighted by Crippen LogP contribution is -2.12. The molecule has 0 aliphatic carbocycles. The summed E-state index contributed by atoms with van der Waals surface area (Å²) in [5, 5.41) is 14.4. The minimum Gasteiger partial charge on any atom is -0.326 e. The van der Waals surface area contributed by atoms with Gasteiger partial charge in [0.2, 0.25) is 11.0 Å². The third-order valence-corrected chi connectivity index (χ3v) is 5.16. The second kappa shape index (κ2) is 8.07. The first kappa shape index (κ1) is 17.4. The van der Waals surface area contributed by atoms with Crippen LogP contribution in [-0.2, 0) is 4.79 Å². The van der Waals surface area contributed by atoms with Gasteiger partial charge < -0.3 is 5.32 Å². The Balaban J connectivity index is 1.97. The van der Waals surface area contributed by atoms with Gasteiger partial charge >= 0.3 is 0 Å². The van der Waals surface area contributed by atoms with Gasteiger partial charge in [0.25, 0.3) is 5.91 Å². The fourth-order valence-corrected chi connectivity index (χ4v) is 3.63. The van der Waals surface area contributed by atoms with E-state index < -0.39 is 0 Å². The molecule has 0 fully saturated rings. The van der Waals surface area contributed by atoms with Gasteiger partial charge in [0, 0.05) is 23.4 Å². The molecule has 6 nitrogen and oxygen atoms in total. The number of thioether (sulfide) groups is 1. The number of amides is 2. The minimum atomic E-state index is -0.254. The van der Waals surface area contributed by atoms with Gasteiger partial charge in [-0.2, -0.15) is 0 Å². The Morgan fingerprint density at radius 2 is 1.91 bits per heavy atom. The van der Waals surface area contributed by atoms with Crippen molar-refractivity contribution >= 4 is 45.7 Å². The van der Waals surface area contributed by atoms with Crippen molar-refractivity contribution in [2.75, 3.05) is 10.6 Å². The van der Waals surface area contributed by atoms with Gasteiger partial charge in [0.1, 0.15) is 0 Å². The van der Waals surface area contributed by atoms with E-state index >= 15 is 0 Å². The van der Waals surface area contributed by atoms with Crippen LogP contribution in [0, 0.1) is 0 Å². The number of carbonyl (C=O) groups excluding carboxylic acids is 2. The average Bonchev–Trinajstić information content (AvgIpc) is 2.94. The minimum absolute atomic E-state index is 0.151. The zero-order valence-corrected chi connectivity index (χ0v) is 14.8. The average molecular weight is 350 g/mol. The van der Waals surface area contributed by atoms with Gasteiger partial charge in [0.15, 0.2) is 4.34 Å². The monoisotopic (exact) mass is 350 g/mol. The van der Waals surface area contributed by atoms with E-state index in [4.69, 9.17) is 0 Å². The summed E-state index contributed by atoms with van der Waals surface area (Å²) in [6, 6.07) is 6.66. The number of aromatic nitrogens is 2. The number of rotatable bonds is 6. The van der Waals surface area contributed by atoms with Crippen LogP contribution in [0.1, 0.15) is 37.6 Å². The van der Waals surface area contributed by atoms with E-state index in [1.54, 1.807) is 36.0 Å². The van der Waals surface area contributed by atoms with E-state index in [0.29, 0.717) is 21.6 Å². The molecule has 2 N–H and O–H groups in total. The number of hydrogen-bond donors (Lipinski definition) is 2. The van der Waals surface area contributed by atoms with Crippen LogP contribution in [0.3, 0.4) is 0 Å². The summed E-state index contributed by atoms with van der Waals surface area (Å²) in [5.41, 5.74) is 1.14. The zero-order valence-electron chi connectivity index (χ0n) is 13.1. The normalized spacial score (nSPS) is 11.8. The van der Waals surface area contributed by atoms with Gasteiger partial charge in [-0.25, -0.2) is 0 Å². The highest BCUT2D eigenvalue weighted by molar-refractivity contribution is 8.01.